The van der Waals surface area contributed by atoms with E-state index in [0.29, 0.717) is 0 Å². The van der Waals surface area contributed by atoms with E-state index in [4.69, 9.17) is 0 Å². The van der Waals surface area contributed by atoms with Crippen LogP contribution < -0.4 is 62.2 Å². The minimum absolute atomic E-state index is 0. The summed E-state index contributed by atoms with van der Waals surface area (Å²) in [5.74, 6) is -9.56. The molecule has 0 aliphatic rings. The summed E-state index contributed by atoms with van der Waals surface area (Å²) in [6.07, 6.45) is 0. The summed E-state index contributed by atoms with van der Waals surface area (Å²) >= 11 is 0. The Labute approximate surface area is 97.2 Å². The molecule has 0 aliphatic heterocycles. The fourth-order valence-corrected chi connectivity index (χ4v) is 0.101. The van der Waals surface area contributed by atoms with Crippen molar-refractivity contribution >= 4 is 11.9 Å². The standard InChI is InChI=1S/C3H3F2NO3.K/c4-3(5,1(6)7)2(8)9;/h(H2,6,7)(H,8,9);/q;+1/p-1. The Morgan fingerprint density at radius 2 is 1.70 bits per heavy atom. The first kappa shape index (κ1) is 13.1. The van der Waals surface area contributed by atoms with Gasteiger partial charge in [-0.05, 0) is 0 Å². The molecule has 10 heavy (non-hydrogen) atoms. The molecule has 0 unspecified atom stereocenters. The second-order valence-corrected chi connectivity index (χ2v) is 1.23. The van der Waals surface area contributed by atoms with Crippen LogP contribution in [-0.2, 0) is 9.59 Å². The van der Waals surface area contributed by atoms with E-state index in [1.54, 1.807) is 0 Å². The first-order chi connectivity index (χ1) is 3.89. The molecule has 0 aromatic carbocycles. The first-order valence-electron chi connectivity index (χ1n) is 1.78. The van der Waals surface area contributed by atoms with Crippen molar-refractivity contribution in [2.45, 2.75) is 5.92 Å². The molecule has 1 amide bonds. The first-order valence-corrected chi connectivity index (χ1v) is 1.78. The molecule has 0 aliphatic carbocycles. The third-order valence-corrected chi connectivity index (χ3v) is 0.566. The van der Waals surface area contributed by atoms with Crippen LogP contribution in [0, 0.1) is 0 Å². The van der Waals surface area contributed by atoms with Crippen molar-refractivity contribution in [2.24, 2.45) is 5.73 Å². The monoisotopic (exact) mass is 177 g/mol. The van der Waals surface area contributed by atoms with Gasteiger partial charge in [-0.15, -0.1) is 0 Å². The van der Waals surface area contributed by atoms with Crippen molar-refractivity contribution in [3.63, 3.8) is 0 Å². The number of aliphatic carboxylic acids is 1. The Hall–Kier alpha value is 0.436. The molecule has 0 atom stereocenters. The number of carbonyl (C=O) groups is 2. The zero-order valence-corrected chi connectivity index (χ0v) is 8.18. The normalized spacial score (nSPS) is 9.80. The zero-order chi connectivity index (χ0) is 7.65. The molecule has 0 saturated carbocycles. The molecule has 7 heteroatoms. The number of nitrogens with two attached hydrogens (primary N) is 1. The van der Waals surface area contributed by atoms with Crippen LogP contribution >= 0.6 is 0 Å². The maximum Gasteiger partial charge on any atom is 1.00 e. The van der Waals surface area contributed by atoms with E-state index >= 15 is 0 Å². The summed E-state index contributed by atoms with van der Waals surface area (Å²) < 4.78 is 23.1. The third kappa shape index (κ3) is 3.02. The number of halogens is 2. The topological polar surface area (TPSA) is 83.2 Å². The molecule has 4 nitrogen and oxygen atoms in total. The van der Waals surface area contributed by atoms with Gasteiger partial charge in [0.25, 0.3) is 5.91 Å². The van der Waals surface area contributed by atoms with Crippen LogP contribution in [0.3, 0.4) is 0 Å². The molecular formula is C3H2F2KNO3. The fourth-order valence-electron chi connectivity index (χ4n) is 0.101. The van der Waals surface area contributed by atoms with E-state index in [0.717, 1.165) is 0 Å². The Morgan fingerprint density at radius 3 is 1.70 bits per heavy atom. The van der Waals surface area contributed by atoms with Crippen molar-refractivity contribution in [3.8, 4) is 0 Å². The Kier molecular flexibility index (Phi) is 5.67. The van der Waals surface area contributed by atoms with Gasteiger partial charge in [-0.2, -0.15) is 8.78 Å². The van der Waals surface area contributed by atoms with Gasteiger partial charge in [-0.1, -0.05) is 0 Å². The van der Waals surface area contributed by atoms with E-state index in [2.05, 4.69) is 5.73 Å². The molecule has 0 saturated heterocycles. The zero-order valence-electron chi connectivity index (χ0n) is 5.06. The van der Waals surface area contributed by atoms with Gasteiger partial charge in [0.15, 0.2) is 0 Å². The minimum Gasteiger partial charge on any atom is -0.543 e. The summed E-state index contributed by atoms with van der Waals surface area (Å²) in [5.41, 5.74) is 3.96. The van der Waals surface area contributed by atoms with Crippen LogP contribution in [0.25, 0.3) is 0 Å². The van der Waals surface area contributed by atoms with Gasteiger partial charge in [-0.25, -0.2) is 0 Å². The minimum atomic E-state index is -4.56. The number of hydrogen-bond donors (Lipinski definition) is 1. The Balaban J connectivity index is 0. The molecule has 0 bridgehead atoms. The van der Waals surface area contributed by atoms with E-state index < -0.39 is 17.8 Å². The predicted octanol–water partition coefficient (Wildman–Crippen LogP) is -5.14. The predicted molar refractivity (Wildman–Crippen MR) is 19.1 cm³/mol. The molecule has 0 radical (unpaired) electrons. The summed E-state index contributed by atoms with van der Waals surface area (Å²) in [4.78, 5) is 18.8. The van der Waals surface area contributed by atoms with E-state index in [1.807, 2.05) is 0 Å². The molecule has 0 spiro atoms. The summed E-state index contributed by atoms with van der Waals surface area (Å²) in [5, 5.41) is 9.30. The molecule has 2 N–H and O–H groups in total. The number of hydrogen-bond acceptors (Lipinski definition) is 3. The number of primary amides is 1. The molecule has 0 aromatic heterocycles. The van der Waals surface area contributed by atoms with Gasteiger partial charge in [0, 0.05) is 0 Å². The van der Waals surface area contributed by atoms with E-state index in [-0.39, 0.29) is 51.4 Å². The molecular weight excluding hydrogens is 175 g/mol. The van der Waals surface area contributed by atoms with Gasteiger partial charge in [0.05, 0.1) is 0 Å². The number of rotatable bonds is 2. The largest absolute Gasteiger partial charge is 1.00 e. The van der Waals surface area contributed by atoms with Crippen molar-refractivity contribution in [3.05, 3.63) is 0 Å². The van der Waals surface area contributed by atoms with Gasteiger partial charge in [-0.3, -0.25) is 4.79 Å². The average Bonchev–Trinajstić information content (AvgIpc) is 1.65. The van der Waals surface area contributed by atoms with Crippen LogP contribution in [0.1, 0.15) is 0 Å². The summed E-state index contributed by atoms with van der Waals surface area (Å²) in [6, 6.07) is 0. The van der Waals surface area contributed by atoms with Crippen LogP contribution in [-0.4, -0.2) is 17.8 Å². The average molecular weight is 177 g/mol. The van der Waals surface area contributed by atoms with Crippen LogP contribution in [0.4, 0.5) is 8.78 Å². The molecule has 0 aromatic rings. The number of carboxylic acid groups (broad SMARTS) is 1. The van der Waals surface area contributed by atoms with Crippen molar-refractivity contribution in [2.75, 3.05) is 0 Å². The number of amides is 1. The Bertz CT molecular complexity index is 144. The van der Waals surface area contributed by atoms with Gasteiger partial charge in [0.1, 0.15) is 5.97 Å². The number of carboxylic acids is 1. The van der Waals surface area contributed by atoms with Crippen LogP contribution in [0.2, 0.25) is 0 Å². The molecule has 0 rings (SSSR count). The smallest absolute Gasteiger partial charge is 0.543 e. The second-order valence-electron chi connectivity index (χ2n) is 1.23. The number of alkyl halides is 2. The fraction of sp³-hybridized carbons (Fsp3) is 0.333. The van der Waals surface area contributed by atoms with Crippen molar-refractivity contribution in [1.29, 1.82) is 0 Å². The van der Waals surface area contributed by atoms with Crippen LogP contribution in [0.15, 0.2) is 0 Å². The maximum absolute atomic E-state index is 11.5. The van der Waals surface area contributed by atoms with E-state index in [1.165, 1.54) is 0 Å². The second kappa shape index (κ2) is 4.34. The summed E-state index contributed by atoms with van der Waals surface area (Å²) in [6.45, 7) is 0. The van der Waals surface area contributed by atoms with Crippen molar-refractivity contribution in [1.82, 2.24) is 0 Å². The van der Waals surface area contributed by atoms with E-state index in [9.17, 15) is 23.5 Å². The summed E-state index contributed by atoms with van der Waals surface area (Å²) in [7, 11) is 0. The molecule has 0 heterocycles. The van der Waals surface area contributed by atoms with Gasteiger partial charge in [0.2, 0.25) is 0 Å². The third-order valence-electron chi connectivity index (χ3n) is 0.566. The SMILES string of the molecule is NC(=O)C(F)(F)C(=O)[O-].[K+]. The Morgan fingerprint density at radius 1 is 1.40 bits per heavy atom. The van der Waals surface area contributed by atoms with Crippen molar-refractivity contribution < 1.29 is 74.9 Å². The molecule has 52 valence electrons. The van der Waals surface area contributed by atoms with Gasteiger partial charge >= 0.3 is 57.3 Å². The quantitative estimate of drug-likeness (QED) is 0.338. The van der Waals surface area contributed by atoms with Crippen LogP contribution in [0.5, 0.6) is 0 Å². The maximum atomic E-state index is 11.5. The van der Waals surface area contributed by atoms with Gasteiger partial charge < -0.3 is 15.6 Å². The number of carbonyl (C=O) groups excluding carboxylic acids is 2. The molecule has 0 fully saturated rings.